The number of carbonyl (C=O) groups excluding carboxylic acids is 2. The minimum atomic E-state index is -0.643. The van der Waals surface area contributed by atoms with Crippen molar-refractivity contribution in [3.8, 4) is 5.88 Å². The van der Waals surface area contributed by atoms with E-state index in [2.05, 4.69) is 10.1 Å². The molecule has 4 heterocycles. The highest BCUT2D eigenvalue weighted by Gasteiger charge is 2.53. The predicted octanol–water partition coefficient (Wildman–Crippen LogP) is 1.34. The summed E-state index contributed by atoms with van der Waals surface area (Å²) >= 11 is 0. The van der Waals surface area contributed by atoms with E-state index in [-0.39, 0.29) is 23.5 Å². The Balaban J connectivity index is 1.72. The van der Waals surface area contributed by atoms with Crippen LogP contribution in [0, 0.1) is 0 Å². The number of hydrogen-bond donors (Lipinski definition) is 0. The quantitative estimate of drug-likeness (QED) is 0.786. The second-order valence-corrected chi connectivity index (χ2v) is 7.44. The number of methoxy groups -OCH3 is 1. The fourth-order valence-corrected chi connectivity index (χ4v) is 4.38. The number of imidazole rings is 1. The van der Waals surface area contributed by atoms with Crippen molar-refractivity contribution in [1.29, 1.82) is 0 Å². The van der Waals surface area contributed by atoms with Gasteiger partial charge in [-0.2, -0.15) is 0 Å². The predicted molar refractivity (Wildman–Crippen MR) is 98.8 cm³/mol. The first-order valence-corrected chi connectivity index (χ1v) is 9.61. The third kappa shape index (κ3) is 2.76. The monoisotopic (exact) mass is 387 g/mol. The summed E-state index contributed by atoms with van der Waals surface area (Å²) in [5, 5.41) is 3.75. The summed E-state index contributed by atoms with van der Waals surface area (Å²) < 4.78 is 12.3. The zero-order chi connectivity index (χ0) is 19.9. The summed E-state index contributed by atoms with van der Waals surface area (Å²) in [5.41, 5.74) is 1.35. The maximum absolute atomic E-state index is 13.3. The number of amides is 2. The number of hydrogen-bond acceptors (Lipinski definition) is 6. The summed E-state index contributed by atoms with van der Waals surface area (Å²) in [7, 11) is 3.44. The van der Waals surface area contributed by atoms with Crippen LogP contribution in [0.5, 0.6) is 5.88 Å². The molecule has 0 aromatic carbocycles. The zero-order valence-corrected chi connectivity index (χ0v) is 16.5. The number of nitrogens with zero attached hydrogens (tertiary/aromatic N) is 5. The Morgan fingerprint density at radius 2 is 2.18 bits per heavy atom. The lowest BCUT2D eigenvalue weighted by atomic mass is 9.85. The summed E-state index contributed by atoms with van der Waals surface area (Å²) in [4.78, 5) is 34.1. The van der Waals surface area contributed by atoms with Gasteiger partial charge in [0.15, 0.2) is 0 Å². The molecule has 9 nitrogen and oxygen atoms in total. The van der Waals surface area contributed by atoms with Crippen molar-refractivity contribution < 1.29 is 18.8 Å². The van der Waals surface area contributed by atoms with Crippen LogP contribution in [0.4, 0.5) is 0 Å². The molecule has 1 saturated heterocycles. The highest BCUT2D eigenvalue weighted by atomic mass is 16.5. The fraction of sp³-hybridized carbons (Fsp3) is 0.579. The van der Waals surface area contributed by atoms with Gasteiger partial charge in [-0.3, -0.25) is 9.59 Å². The van der Waals surface area contributed by atoms with Crippen LogP contribution in [0.3, 0.4) is 0 Å². The number of aryl methyl sites for hydroxylation is 1. The van der Waals surface area contributed by atoms with Gasteiger partial charge in [0.25, 0.3) is 11.8 Å². The lowest BCUT2D eigenvalue weighted by Gasteiger charge is -2.43. The highest BCUT2D eigenvalue weighted by Crippen LogP contribution is 2.43. The molecule has 2 aliphatic rings. The molecule has 2 aliphatic heterocycles. The van der Waals surface area contributed by atoms with Gasteiger partial charge in [0.1, 0.15) is 5.54 Å². The number of aromatic nitrogens is 3. The Hall–Kier alpha value is -2.84. The third-order valence-corrected chi connectivity index (χ3v) is 5.81. The molecule has 150 valence electrons. The molecule has 4 rings (SSSR count). The zero-order valence-electron chi connectivity index (χ0n) is 16.5. The smallest absolute Gasteiger partial charge is 0.293 e. The van der Waals surface area contributed by atoms with Crippen molar-refractivity contribution in [3.05, 3.63) is 29.5 Å². The molecule has 1 spiro atoms. The van der Waals surface area contributed by atoms with Crippen LogP contribution >= 0.6 is 0 Å². The molecule has 1 fully saturated rings. The molecule has 0 N–H and O–H groups in total. The van der Waals surface area contributed by atoms with E-state index in [4.69, 9.17) is 9.26 Å². The maximum atomic E-state index is 13.3. The molecule has 0 aliphatic carbocycles. The van der Waals surface area contributed by atoms with Crippen molar-refractivity contribution in [2.75, 3.05) is 26.7 Å². The standard InChI is InChI=1S/C19H25N5O4/c1-4-5-16(25)23-9-7-19(11-23)17-13(22(2)12-20-17)6-8-24(19)18(26)14-10-15(27-3)21-28-14/h10,12H,4-9,11H2,1-3H3. The van der Waals surface area contributed by atoms with E-state index < -0.39 is 5.54 Å². The Kier molecular flexibility index (Phi) is 4.60. The van der Waals surface area contributed by atoms with Crippen LogP contribution in [-0.2, 0) is 23.8 Å². The second kappa shape index (κ2) is 6.96. The van der Waals surface area contributed by atoms with Gasteiger partial charge < -0.3 is 23.6 Å². The van der Waals surface area contributed by atoms with Crippen LogP contribution < -0.4 is 4.74 Å². The van der Waals surface area contributed by atoms with Crippen molar-refractivity contribution in [2.24, 2.45) is 7.05 Å². The Labute approximate surface area is 163 Å². The first-order valence-electron chi connectivity index (χ1n) is 9.61. The Morgan fingerprint density at radius 3 is 2.89 bits per heavy atom. The Bertz CT molecular complexity index is 904. The van der Waals surface area contributed by atoms with Crippen LogP contribution in [0.2, 0.25) is 0 Å². The molecule has 0 bridgehead atoms. The lowest BCUT2D eigenvalue weighted by molar-refractivity contribution is -0.130. The van der Waals surface area contributed by atoms with E-state index >= 15 is 0 Å². The average molecular weight is 387 g/mol. The second-order valence-electron chi connectivity index (χ2n) is 7.44. The first-order chi connectivity index (χ1) is 13.5. The van der Waals surface area contributed by atoms with Gasteiger partial charge in [-0.25, -0.2) is 4.98 Å². The molecule has 1 atom stereocenters. The molecule has 1 unspecified atom stereocenters. The van der Waals surface area contributed by atoms with Gasteiger partial charge >= 0.3 is 0 Å². The molecular formula is C19H25N5O4. The van der Waals surface area contributed by atoms with Gasteiger partial charge in [0.2, 0.25) is 11.7 Å². The summed E-state index contributed by atoms with van der Waals surface area (Å²) in [6.07, 6.45) is 4.46. The van der Waals surface area contributed by atoms with Crippen molar-refractivity contribution in [2.45, 2.75) is 38.1 Å². The first kappa shape index (κ1) is 18.5. The van der Waals surface area contributed by atoms with E-state index in [0.717, 1.165) is 17.8 Å². The summed E-state index contributed by atoms with van der Waals surface area (Å²) in [6, 6.07) is 1.50. The van der Waals surface area contributed by atoms with Crippen LogP contribution in [0.15, 0.2) is 16.9 Å². The minimum absolute atomic E-state index is 0.121. The van der Waals surface area contributed by atoms with E-state index in [0.29, 0.717) is 38.9 Å². The van der Waals surface area contributed by atoms with Gasteiger partial charge in [-0.1, -0.05) is 6.92 Å². The molecule has 2 amide bonds. The van der Waals surface area contributed by atoms with Crippen LogP contribution in [-0.4, -0.2) is 63.1 Å². The minimum Gasteiger partial charge on any atom is -0.479 e. The van der Waals surface area contributed by atoms with E-state index in [9.17, 15) is 9.59 Å². The number of likely N-dealkylation sites (tertiary alicyclic amines) is 1. The van der Waals surface area contributed by atoms with E-state index in [1.807, 2.05) is 28.3 Å². The number of ether oxygens (including phenoxy) is 1. The maximum Gasteiger partial charge on any atom is 0.293 e. The van der Waals surface area contributed by atoms with E-state index in [1.165, 1.54) is 13.2 Å². The SMILES string of the molecule is CCCC(=O)N1CCC2(C1)c1ncn(C)c1CCN2C(=O)c1cc(OC)no1. The summed E-state index contributed by atoms with van der Waals surface area (Å²) in [5.74, 6) is 0.265. The summed E-state index contributed by atoms with van der Waals surface area (Å²) in [6.45, 7) is 3.59. The largest absolute Gasteiger partial charge is 0.479 e. The lowest BCUT2D eigenvalue weighted by Crippen LogP contribution is -2.55. The highest BCUT2D eigenvalue weighted by molar-refractivity contribution is 5.92. The number of rotatable bonds is 4. The number of fused-ring (bicyclic) bond motifs is 2. The van der Waals surface area contributed by atoms with Crippen LogP contribution in [0.25, 0.3) is 0 Å². The molecule has 2 aromatic heterocycles. The number of carbonyl (C=O) groups is 2. The molecule has 2 aromatic rings. The molecule has 0 radical (unpaired) electrons. The normalized spacial score (nSPS) is 21.2. The van der Waals surface area contributed by atoms with Crippen molar-refractivity contribution in [1.82, 2.24) is 24.5 Å². The fourth-order valence-electron chi connectivity index (χ4n) is 4.38. The Morgan fingerprint density at radius 1 is 1.36 bits per heavy atom. The third-order valence-electron chi connectivity index (χ3n) is 5.81. The molecule has 28 heavy (non-hydrogen) atoms. The molecular weight excluding hydrogens is 362 g/mol. The van der Waals surface area contributed by atoms with Crippen molar-refractivity contribution in [3.63, 3.8) is 0 Å². The topological polar surface area (TPSA) is 93.7 Å². The van der Waals surface area contributed by atoms with Gasteiger partial charge in [-0.05, 0) is 18.0 Å². The molecule has 0 saturated carbocycles. The van der Waals surface area contributed by atoms with E-state index in [1.54, 1.807) is 6.33 Å². The average Bonchev–Trinajstić information content (AvgIpc) is 3.42. The van der Waals surface area contributed by atoms with Gasteiger partial charge in [-0.15, -0.1) is 0 Å². The van der Waals surface area contributed by atoms with Crippen molar-refractivity contribution >= 4 is 11.8 Å². The van der Waals surface area contributed by atoms with Gasteiger partial charge in [0, 0.05) is 45.2 Å². The van der Waals surface area contributed by atoms with Crippen LogP contribution in [0.1, 0.15) is 48.1 Å². The molecule has 9 heteroatoms. The van der Waals surface area contributed by atoms with Gasteiger partial charge in [0.05, 0.1) is 25.2 Å².